The summed E-state index contributed by atoms with van der Waals surface area (Å²) in [5.41, 5.74) is 0.531. The van der Waals surface area contributed by atoms with E-state index in [0.717, 1.165) is 31.9 Å². The van der Waals surface area contributed by atoms with Crippen molar-refractivity contribution in [3.05, 3.63) is 23.2 Å². The van der Waals surface area contributed by atoms with E-state index in [0.29, 0.717) is 17.2 Å². The van der Waals surface area contributed by atoms with Crippen LogP contribution in [0.5, 0.6) is 0 Å². The highest BCUT2D eigenvalue weighted by atomic mass is 16.5. The molecule has 0 radical (unpaired) electrons. The molecule has 1 atom stereocenters. The van der Waals surface area contributed by atoms with Crippen LogP contribution < -0.4 is 5.32 Å². The van der Waals surface area contributed by atoms with Crippen molar-refractivity contribution in [3.8, 4) is 0 Å². The third-order valence-corrected chi connectivity index (χ3v) is 3.62. The SMILES string of the molecule is CNCC1CCN(Cc2cc(C(=O)OC)c(C)o2)C1. The predicted molar refractivity (Wildman–Crippen MR) is 72.1 cm³/mol. The molecule has 1 unspecified atom stereocenters. The molecule has 0 amide bonds. The highest BCUT2D eigenvalue weighted by molar-refractivity contribution is 5.90. The maximum Gasteiger partial charge on any atom is 0.341 e. The van der Waals surface area contributed by atoms with Gasteiger partial charge in [-0.1, -0.05) is 0 Å². The van der Waals surface area contributed by atoms with E-state index in [4.69, 9.17) is 9.15 Å². The van der Waals surface area contributed by atoms with Crippen molar-refractivity contribution in [2.45, 2.75) is 19.9 Å². The summed E-state index contributed by atoms with van der Waals surface area (Å²) >= 11 is 0. The lowest BCUT2D eigenvalue weighted by molar-refractivity contribution is 0.0599. The molecule has 0 spiro atoms. The van der Waals surface area contributed by atoms with Crippen molar-refractivity contribution in [1.82, 2.24) is 10.2 Å². The molecule has 1 saturated heterocycles. The second-order valence-corrected chi connectivity index (χ2v) is 5.12. The van der Waals surface area contributed by atoms with Gasteiger partial charge in [0.05, 0.1) is 13.7 Å². The highest BCUT2D eigenvalue weighted by Gasteiger charge is 2.23. The molecule has 0 aromatic carbocycles. The Hall–Kier alpha value is -1.33. The number of methoxy groups -OCH3 is 1. The van der Waals surface area contributed by atoms with Crippen molar-refractivity contribution in [1.29, 1.82) is 0 Å². The Kier molecular flexibility index (Phi) is 4.61. The zero-order valence-electron chi connectivity index (χ0n) is 11.9. The van der Waals surface area contributed by atoms with Gasteiger partial charge in [-0.15, -0.1) is 0 Å². The molecule has 1 aliphatic rings. The van der Waals surface area contributed by atoms with Gasteiger partial charge >= 0.3 is 5.97 Å². The molecule has 2 rings (SSSR count). The molecular formula is C14H22N2O3. The molecule has 1 aromatic heterocycles. The lowest BCUT2D eigenvalue weighted by Crippen LogP contribution is -2.24. The van der Waals surface area contributed by atoms with Crippen molar-refractivity contribution in [2.75, 3.05) is 33.8 Å². The number of ether oxygens (including phenoxy) is 1. The topological polar surface area (TPSA) is 54.7 Å². The molecule has 0 saturated carbocycles. The van der Waals surface area contributed by atoms with Crippen molar-refractivity contribution >= 4 is 5.97 Å². The first kappa shape index (κ1) is 14.1. The van der Waals surface area contributed by atoms with Gasteiger partial charge in [-0.3, -0.25) is 4.90 Å². The molecule has 5 heteroatoms. The number of aryl methyl sites for hydroxylation is 1. The summed E-state index contributed by atoms with van der Waals surface area (Å²) in [5.74, 6) is 1.85. The number of likely N-dealkylation sites (tertiary alicyclic amines) is 1. The Morgan fingerprint density at radius 3 is 3.11 bits per heavy atom. The molecule has 5 nitrogen and oxygen atoms in total. The van der Waals surface area contributed by atoms with Gasteiger partial charge in [-0.2, -0.15) is 0 Å². The van der Waals surface area contributed by atoms with Gasteiger partial charge in [-0.25, -0.2) is 4.79 Å². The van der Waals surface area contributed by atoms with Crippen molar-refractivity contribution in [3.63, 3.8) is 0 Å². The van der Waals surface area contributed by atoms with Gasteiger partial charge in [0.25, 0.3) is 0 Å². The first-order valence-corrected chi connectivity index (χ1v) is 6.68. The second kappa shape index (κ2) is 6.21. The highest BCUT2D eigenvalue weighted by Crippen LogP contribution is 2.21. The van der Waals surface area contributed by atoms with Crippen LogP contribution in [0.25, 0.3) is 0 Å². The zero-order valence-corrected chi connectivity index (χ0v) is 11.9. The number of furan rings is 1. The summed E-state index contributed by atoms with van der Waals surface area (Å²) in [5, 5.41) is 3.22. The Morgan fingerprint density at radius 1 is 1.63 bits per heavy atom. The van der Waals surface area contributed by atoms with Crippen LogP contribution in [0, 0.1) is 12.8 Å². The first-order chi connectivity index (χ1) is 9.13. The van der Waals surface area contributed by atoms with E-state index in [2.05, 4.69) is 10.2 Å². The second-order valence-electron chi connectivity index (χ2n) is 5.12. The minimum atomic E-state index is -0.331. The number of hydrogen-bond donors (Lipinski definition) is 1. The summed E-state index contributed by atoms with van der Waals surface area (Å²) < 4.78 is 10.4. The Morgan fingerprint density at radius 2 is 2.42 bits per heavy atom. The number of rotatable bonds is 5. The molecule has 1 N–H and O–H groups in total. The number of hydrogen-bond acceptors (Lipinski definition) is 5. The fraction of sp³-hybridized carbons (Fsp3) is 0.643. The summed E-state index contributed by atoms with van der Waals surface area (Å²) in [6.07, 6.45) is 1.21. The third-order valence-electron chi connectivity index (χ3n) is 3.62. The quantitative estimate of drug-likeness (QED) is 0.817. The number of esters is 1. The van der Waals surface area contributed by atoms with Gasteiger partial charge in [0.2, 0.25) is 0 Å². The van der Waals surface area contributed by atoms with Crippen molar-refractivity contribution < 1.29 is 13.9 Å². The summed E-state index contributed by atoms with van der Waals surface area (Å²) in [6, 6.07) is 1.80. The average Bonchev–Trinajstić information content (AvgIpc) is 2.96. The van der Waals surface area contributed by atoms with Gasteiger partial charge in [0, 0.05) is 6.54 Å². The van der Waals surface area contributed by atoms with Crippen LogP contribution in [0.1, 0.15) is 28.3 Å². The minimum absolute atomic E-state index is 0.331. The van der Waals surface area contributed by atoms with Gasteiger partial charge in [-0.05, 0) is 45.5 Å². The standard InChI is InChI=1S/C14H22N2O3/c1-10-13(14(17)18-3)6-12(19-10)9-16-5-4-11(8-16)7-15-2/h6,11,15H,4-5,7-9H2,1-3H3. The lowest BCUT2D eigenvalue weighted by Gasteiger charge is -2.14. The minimum Gasteiger partial charge on any atom is -0.465 e. The average molecular weight is 266 g/mol. The molecule has 19 heavy (non-hydrogen) atoms. The van der Waals surface area contributed by atoms with Crippen LogP contribution in [-0.4, -0.2) is 44.7 Å². The lowest BCUT2D eigenvalue weighted by atomic mass is 10.1. The molecular weight excluding hydrogens is 244 g/mol. The monoisotopic (exact) mass is 266 g/mol. The van der Waals surface area contributed by atoms with E-state index in [1.165, 1.54) is 13.5 Å². The van der Waals surface area contributed by atoms with Crippen LogP contribution in [0.2, 0.25) is 0 Å². The van der Waals surface area contributed by atoms with E-state index in [-0.39, 0.29) is 5.97 Å². The Balaban J connectivity index is 1.95. The van der Waals surface area contributed by atoms with E-state index in [1.54, 1.807) is 13.0 Å². The number of nitrogens with zero attached hydrogens (tertiary/aromatic N) is 1. The van der Waals surface area contributed by atoms with E-state index < -0.39 is 0 Å². The summed E-state index contributed by atoms with van der Waals surface area (Å²) in [6.45, 7) is 5.77. The van der Waals surface area contributed by atoms with Gasteiger partial charge in [0.1, 0.15) is 17.1 Å². The Bertz CT molecular complexity index is 442. The van der Waals surface area contributed by atoms with Crippen LogP contribution >= 0.6 is 0 Å². The number of carbonyl (C=O) groups is 1. The largest absolute Gasteiger partial charge is 0.465 e. The smallest absolute Gasteiger partial charge is 0.341 e. The third kappa shape index (κ3) is 3.36. The molecule has 2 heterocycles. The zero-order chi connectivity index (χ0) is 13.8. The maximum atomic E-state index is 11.5. The molecule has 0 aliphatic carbocycles. The van der Waals surface area contributed by atoms with E-state index >= 15 is 0 Å². The van der Waals surface area contributed by atoms with Crippen LogP contribution in [0.3, 0.4) is 0 Å². The number of nitrogens with one attached hydrogen (secondary N) is 1. The molecule has 1 aromatic rings. The van der Waals surface area contributed by atoms with Crippen LogP contribution in [-0.2, 0) is 11.3 Å². The van der Waals surface area contributed by atoms with Crippen LogP contribution in [0.15, 0.2) is 10.5 Å². The predicted octanol–water partition coefficient (Wildman–Crippen LogP) is 1.42. The fourth-order valence-electron chi connectivity index (χ4n) is 2.67. The fourth-order valence-corrected chi connectivity index (χ4v) is 2.67. The van der Waals surface area contributed by atoms with Crippen molar-refractivity contribution in [2.24, 2.45) is 5.92 Å². The maximum absolute atomic E-state index is 11.5. The molecule has 106 valence electrons. The van der Waals surface area contributed by atoms with Gasteiger partial charge in [0.15, 0.2) is 0 Å². The molecule has 0 bridgehead atoms. The van der Waals surface area contributed by atoms with Gasteiger partial charge < -0.3 is 14.5 Å². The van der Waals surface area contributed by atoms with E-state index in [1.807, 2.05) is 7.05 Å². The normalized spacial score (nSPS) is 19.8. The Labute approximate surface area is 113 Å². The summed E-state index contributed by atoms with van der Waals surface area (Å²) in [7, 11) is 3.37. The van der Waals surface area contributed by atoms with E-state index in [9.17, 15) is 4.79 Å². The number of carbonyl (C=O) groups excluding carboxylic acids is 1. The molecule has 1 fully saturated rings. The van der Waals surface area contributed by atoms with Crippen LogP contribution in [0.4, 0.5) is 0 Å². The summed E-state index contributed by atoms with van der Waals surface area (Å²) in [4.78, 5) is 13.9. The first-order valence-electron chi connectivity index (χ1n) is 6.68. The molecule has 1 aliphatic heterocycles.